The first-order chi connectivity index (χ1) is 8.74. The number of aliphatic hydroxyl groups excluding tert-OH is 1. The van der Waals surface area contributed by atoms with E-state index in [1.54, 1.807) is 0 Å². The van der Waals surface area contributed by atoms with Crippen LogP contribution >= 0.6 is 0 Å². The van der Waals surface area contributed by atoms with Crippen LogP contribution in [0, 0.1) is 12.8 Å². The second kappa shape index (κ2) is 4.75. The molecule has 0 aliphatic carbocycles. The lowest BCUT2D eigenvalue weighted by Gasteiger charge is -2.25. The number of benzene rings is 1. The molecule has 2 atom stereocenters. The quantitative estimate of drug-likeness (QED) is 0.855. The fourth-order valence-corrected chi connectivity index (χ4v) is 2.71. The summed E-state index contributed by atoms with van der Waals surface area (Å²) in [5.74, 6) is 0.963. The van der Waals surface area contributed by atoms with Crippen molar-refractivity contribution in [2.45, 2.75) is 25.9 Å². The van der Waals surface area contributed by atoms with E-state index in [2.05, 4.69) is 18.3 Å². The predicted molar refractivity (Wildman–Crippen MR) is 71.5 cm³/mol. The molecule has 96 valence electrons. The lowest BCUT2D eigenvalue weighted by atomic mass is 9.92. The zero-order chi connectivity index (χ0) is 12.5. The molecule has 0 saturated carbocycles. The summed E-state index contributed by atoms with van der Waals surface area (Å²) in [5, 5.41) is 14.8. The molecule has 3 heteroatoms. The average molecular weight is 245 g/mol. The third-order valence-corrected chi connectivity index (χ3v) is 3.76. The minimum atomic E-state index is -0.495. The van der Waals surface area contributed by atoms with Crippen molar-refractivity contribution < 1.29 is 9.52 Å². The normalized spacial score (nSPS) is 22.2. The highest BCUT2D eigenvalue weighted by Crippen LogP contribution is 2.31. The lowest BCUT2D eigenvalue weighted by Crippen LogP contribution is -2.33. The smallest absolute Gasteiger partial charge is 0.134 e. The number of rotatable bonds is 2. The van der Waals surface area contributed by atoms with Gasteiger partial charge in [-0.1, -0.05) is 11.6 Å². The monoisotopic (exact) mass is 245 g/mol. The Bertz CT molecular complexity index is 540. The molecule has 2 N–H and O–H groups in total. The average Bonchev–Trinajstić information content (AvgIpc) is 2.81. The topological polar surface area (TPSA) is 45.4 Å². The Morgan fingerprint density at radius 3 is 3.06 bits per heavy atom. The van der Waals surface area contributed by atoms with Gasteiger partial charge in [0, 0.05) is 17.8 Å². The van der Waals surface area contributed by atoms with Crippen LogP contribution in [-0.4, -0.2) is 18.2 Å². The minimum absolute atomic E-state index is 0.264. The molecule has 1 aliphatic heterocycles. The molecule has 0 bridgehead atoms. The second-order valence-electron chi connectivity index (χ2n) is 5.24. The van der Waals surface area contributed by atoms with Crippen LogP contribution in [0.2, 0.25) is 0 Å². The van der Waals surface area contributed by atoms with E-state index in [1.807, 2.05) is 18.2 Å². The number of hydrogen-bond donors (Lipinski definition) is 2. The van der Waals surface area contributed by atoms with Gasteiger partial charge in [0.05, 0.1) is 0 Å². The van der Waals surface area contributed by atoms with Crippen molar-refractivity contribution in [3.63, 3.8) is 0 Å². The third-order valence-electron chi connectivity index (χ3n) is 3.76. The molecule has 3 nitrogen and oxygen atoms in total. The van der Waals surface area contributed by atoms with E-state index >= 15 is 0 Å². The van der Waals surface area contributed by atoms with Gasteiger partial charge in [0.2, 0.25) is 0 Å². The number of aryl methyl sites for hydroxylation is 1. The molecule has 1 aromatic carbocycles. The van der Waals surface area contributed by atoms with E-state index in [9.17, 15) is 5.11 Å². The van der Waals surface area contributed by atoms with Gasteiger partial charge in [0.25, 0.3) is 0 Å². The van der Waals surface area contributed by atoms with Gasteiger partial charge in [0.15, 0.2) is 0 Å². The Morgan fingerprint density at radius 1 is 1.39 bits per heavy atom. The van der Waals surface area contributed by atoms with Crippen molar-refractivity contribution in [2.75, 3.05) is 13.1 Å². The van der Waals surface area contributed by atoms with Gasteiger partial charge in [0.1, 0.15) is 17.4 Å². The van der Waals surface area contributed by atoms with Gasteiger partial charge >= 0.3 is 0 Å². The molecular formula is C15H19NO2. The first-order valence-electron chi connectivity index (χ1n) is 6.63. The van der Waals surface area contributed by atoms with Crippen molar-refractivity contribution in [1.29, 1.82) is 0 Å². The molecule has 1 aromatic heterocycles. The van der Waals surface area contributed by atoms with Crippen LogP contribution in [0.5, 0.6) is 0 Å². The van der Waals surface area contributed by atoms with Crippen molar-refractivity contribution >= 4 is 11.0 Å². The molecule has 3 rings (SSSR count). The summed E-state index contributed by atoms with van der Waals surface area (Å²) in [6.45, 7) is 3.99. The first-order valence-corrected chi connectivity index (χ1v) is 6.63. The molecule has 1 saturated heterocycles. The molecule has 1 fully saturated rings. The molecule has 2 aromatic rings. The molecule has 2 heterocycles. The Labute approximate surface area is 107 Å². The van der Waals surface area contributed by atoms with Crippen molar-refractivity contribution in [1.82, 2.24) is 5.32 Å². The van der Waals surface area contributed by atoms with Gasteiger partial charge in [-0.2, -0.15) is 0 Å². The third kappa shape index (κ3) is 2.16. The van der Waals surface area contributed by atoms with Crippen molar-refractivity contribution in [3.05, 3.63) is 35.6 Å². The number of hydrogen-bond acceptors (Lipinski definition) is 3. The summed E-state index contributed by atoms with van der Waals surface area (Å²) in [4.78, 5) is 0. The van der Waals surface area contributed by atoms with Crippen LogP contribution < -0.4 is 5.32 Å². The summed E-state index contributed by atoms with van der Waals surface area (Å²) in [6, 6.07) is 8.07. The molecule has 0 radical (unpaired) electrons. The van der Waals surface area contributed by atoms with Crippen LogP contribution in [0.1, 0.15) is 30.3 Å². The Hall–Kier alpha value is -1.32. The van der Waals surface area contributed by atoms with E-state index in [1.165, 1.54) is 5.56 Å². The SMILES string of the molecule is Cc1ccc2oc(C(O)C3CCCNC3)cc2c1. The Balaban J connectivity index is 1.88. The van der Waals surface area contributed by atoms with E-state index in [4.69, 9.17) is 4.42 Å². The highest BCUT2D eigenvalue weighted by Gasteiger charge is 2.25. The van der Waals surface area contributed by atoms with E-state index < -0.39 is 6.10 Å². The largest absolute Gasteiger partial charge is 0.458 e. The second-order valence-corrected chi connectivity index (χ2v) is 5.24. The molecule has 18 heavy (non-hydrogen) atoms. The first kappa shape index (κ1) is 11.8. The molecule has 0 amide bonds. The van der Waals surface area contributed by atoms with Gasteiger partial charge in [-0.05, 0) is 44.5 Å². The van der Waals surface area contributed by atoms with Crippen LogP contribution in [0.3, 0.4) is 0 Å². The molecular weight excluding hydrogens is 226 g/mol. The van der Waals surface area contributed by atoms with Crippen LogP contribution in [0.15, 0.2) is 28.7 Å². The minimum Gasteiger partial charge on any atom is -0.458 e. The summed E-state index contributed by atoms with van der Waals surface area (Å²) >= 11 is 0. The lowest BCUT2D eigenvalue weighted by molar-refractivity contribution is 0.0735. The maximum absolute atomic E-state index is 10.4. The number of piperidine rings is 1. The summed E-state index contributed by atoms with van der Waals surface area (Å²) < 4.78 is 5.76. The van der Waals surface area contributed by atoms with Gasteiger partial charge in [-0.25, -0.2) is 0 Å². The molecule has 1 aliphatic rings. The zero-order valence-electron chi connectivity index (χ0n) is 10.6. The maximum atomic E-state index is 10.4. The number of aliphatic hydroxyl groups is 1. The predicted octanol–water partition coefficient (Wildman–Crippen LogP) is 2.77. The van der Waals surface area contributed by atoms with Crippen LogP contribution in [0.4, 0.5) is 0 Å². The maximum Gasteiger partial charge on any atom is 0.134 e. The van der Waals surface area contributed by atoms with Crippen LogP contribution in [-0.2, 0) is 0 Å². The summed E-state index contributed by atoms with van der Waals surface area (Å²) in [5.41, 5.74) is 2.07. The van der Waals surface area contributed by atoms with Gasteiger partial charge in [-0.3, -0.25) is 0 Å². The van der Waals surface area contributed by atoms with Crippen LogP contribution in [0.25, 0.3) is 11.0 Å². The van der Waals surface area contributed by atoms with Crippen molar-refractivity contribution in [2.24, 2.45) is 5.92 Å². The highest BCUT2D eigenvalue weighted by molar-refractivity contribution is 5.78. The Kier molecular flexibility index (Phi) is 3.10. The van der Waals surface area contributed by atoms with Crippen molar-refractivity contribution in [3.8, 4) is 0 Å². The fourth-order valence-electron chi connectivity index (χ4n) is 2.71. The standard InChI is InChI=1S/C15H19NO2/c1-10-4-5-13-12(7-10)8-14(18-13)15(17)11-3-2-6-16-9-11/h4-5,7-8,11,15-17H,2-3,6,9H2,1H3. The summed E-state index contributed by atoms with van der Waals surface area (Å²) in [6.07, 6.45) is 1.69. The van der Waals surface area contributed by atoms with Gasteiger partial charge in [-0.15, -0.1) is 0 Å². The number of fused-ring (bicyclic) bond motifs is 1. The Morgan fingerprint density at radius 2 is 2.28 bits per heavy atom. The van der Waals surface area contributed by atoms with Gasteiger partial charge < -0.3 is 14.8 Å². The number of furan rings is 1. The summed E-state index contributed by atoms with van der Waals surface area (Å²) in [7, 11) is 0. The van der Waals surface area contributed by atoms with E-state index in [-0.39, 0.29) is 5.92 Å². The molecule has 2 unspecified atom stereocenters. The van der Waals surface area contributed by atoms with E-state index in [0.29, 0.717) is 5.76 Å². The highest BCUT2D eigenvalue weighted by atomic mass is 16.4. The number of nitrogens with one attached hydrogen (secondary N) is 1. The molecule has 0 spiro atoms. The fraction of sp³-hybridized carbons (Fsp3) is 0.467. The zero-order valence-corrected chi connectivity index (χ0v) is 10.6. The van der Waals surface area contributed by atoms with E-state index in [0.717, 1.165) is 36.9 Å².